The first-order valence-corrected chi connectivity index (χ1v) is 8.43. The van der Waals surface area contributed by atoms with Crippen LogP contribution < -0.4 is 10.1 Å². The maximum Gasteiger partial charge on any atom is 0.123 e. The minimum Gasteiger partial charge on any atom is -0.488 e. The second kappa shape index (κ2) is 6.99. The Morgan fingerprint density at radius 1 is 1.33 bits per heavy atom. The Hall–Kier alpha value is -0.770. The van der Waals surface area contributed by atoms with E-state index >= 15 is 0 Å². The Balaban J connectivity index is 1.34. The lowest BCUT2D eigenvalue weighted by atomic mass is 9.94. The molecule has 0 bridgehead atoms. The van der Waals surface area contributed by atoms with Gasteiger partial charge in [0.15, 0.2) is 0 Å². The molecule has 2 aliphatic rings. The molecule has 0 aromatic heterocycles. The third-order valence-corrected chi connectivity index (χ3v) is 4.94. The number of nitrogens with one attached hydrogen (secondary N) is 1. The summed E-state index contributed by atoms with van der Waals surface area (Å²) in [5, 5.41) is 4.36. The van der Waals surface area contributed by atoms with Crippen molar-refractivity contribution in [2.45, 2.75) is 31.8 Å². The molecular formula is C17H25ClN2O. The van der Waals surface area contributed by atoms with Crippen LogP contribution >= 0.6 is 11.6 Å². The van der Waals surface area contributed by atoms with E-state index in [4.69, 9.17) is 16.3 Å². The highest BCUT2D eigenvalue weighted by atomic mass is 35.5. The Kier molecular flexibility index (Phi) is 5.04. The lowest BCUT2D eigenvalue weighted by Crippen LogP contribution is -2.34. The van der Waals surface area contributed by atoms with Crippen LogP contribution in [0.25, 0.3) is 0 Å². The van der Waals surface area contributed by atoms with Gasteiger partial charge in [0.25, 0.3) is 0 Å². The van der Waals surface area contributed by atoms with Crippen molar-refractivity contribution in [3.05, 3.63) is 28.8 Å². The van der Waals surface area contributed by atoms with Crippen LogP contribution in [0.3, 0.4) is 0 Å². The van der Waals surface area contributed by atoms with Crippen LogP contribution in [-0.2, 0) is 6.42 Å². The van der Waals surface area contributed by atoms with Gasteiger partial charge in [-0.1, -0.05) is 11.6 Å². The minimum absolute atomic E-state index is 0.260. The monoisotopic (exact) mass is 308 g/mol. The standard InChI is InChI=1S/C17H25ClN2O/c1-20-8-5-13(6-9-20)4-7-19-12-16-11-14-10-15(18)2-3-17(14)21-16/h2-3,10,13,16,19H,4-9,11-12H2,1H3. The van der Waals surface area contributed by atoms with E-state index in [1.807, 2.05) is 18.2 Å². The Bertz CT molecular complexity index is 472. The molecule has 2 heterocycles. The Morgan fingerprint density at radius 3 is 2.95 bits per heavy atom. The number of hydrogen-bond acceptors (Lipinski definition) is 3. The predicted molar refractivity (Wildman–Crippen MR) is 87.3 cm³/mol. The molecule has 1 aromatic carbocycles. The zero-order chi connectivity index (χ0) is 14.7. The van der Waals surface area contributed by atoms with E-state index in [-0.39, 0.29) is 6.10 Å². The molecule has 0 spiro atoms. The average molecular weight is 309 g/mol. The highest BCUT2D eigenvalue weighted by molar-refractivity contribution is 6.30. The first-order valence-electron chi connectivity index (χ1n) is 8.05. The number of likely N-dealkylation sites (tertiary alicyclic amines) is 1. The molecule has 0 aliphatic carbocycles. The van der Waals surface area contributed by atoms with Crippen molar-refractivity contribution in [1.29, 1.82) is 0 Å². The van der Waals surface area contributed by atoms with Gasteiger partial charge >= 0.3 is 0 Å². The van der Waals surface area contributed by atoms with Gasteiger partial charge in [-0.15, -0.1) is 0 Å². The largest absolute Gasteiger partial charge is 0.488 e. The Morgan fingerprint density at radius 2 is 2.14 bits per heavy atom. The zero-order valence-corrected chi connectivity index (χ0v) is 13.5. The summed E-state index contributed by atoms with van der Waals surface area (Å²) >= 11 is 6.02. The summed E-state index contributed by atoms with van der Waals surface area (Å²) in [6, 6.07) is 5.90. The first-order chi connectivity index (χ1) is 10.2. The number of piperidine rings is 1. The number of benzene rings is 1. The van der Waals surface area contributed by atoms with E-state index in [1.54, 1.807) is 0 Å². The molecule has 0 amide bonds. The van der Waals surface area contributed by atoms with E-state index in [0.29, 0.717) is 0 Å². The summed E-state index contributed by atoms with van der Waals surface area (Å²) < 4.78 is 5.94. The van der Waals surface area contributed by atoms with Crippen LogP contribution in [0.1, 0.15) is 24.8 Å². The molecule has 3 nitrogen and oxygen atoms in total. The van der Waals surface area contributed by atoms with E-state index < -0.39 is 0 Å². The number of rotatable bonds is 5. The molecule has 1 fully saturated rings. The molecule has 3 rings (SSSR count). The third kappa shape index (κ3) is 4.12. The Labute approximate surface area is 132 Å². The molecular weight excluding hydrogens is 284 g/mol. The van der Waals surface area contributed by atoms with Crippen LogP contribution in [0.2, 0.25) is 5.02 Å². The number of ether oxygens (including phenoxy) is 1. The number of hydrogen-bond donors (Lipinski definition) is 1. The molecule has 1 aromatic rings. The van der Waals surface area contributed by atoms with Crippen LogP contribution in [0.5, 0.6) is 5.75 Å². The van der Waals surface area contributed by atoms with Crippen LogP contribution in [0.4, 0.5) is 0 Å². The maximum absolute atomic E-state index is 6.02. The van der Waals surface area contributed by atoms with Crippen LogP contribution in [0, 0.1) is 5.92 Å². The van der Waals surface area contributed by atoms with Crippen molar-refractivity contribution < 1.29 is 4.74 Å². The molecule has 116 valence electrons. The quantitative estimate of drug-likeness (QED) is 0.846. The zero-order valence-electron chi connectivity index (χ0n) is 12.8. The van der Waals surface area contributed by atoms with Crippen molar-refractivity contribution >= 4 is 11.6 Å². The molecule has 0 saturated carbocycles. The van der Waals surface area contributed by atoms with Gasteiger partial charge in [0.2, 0.25) is 0 Å². The highest BCUT2D eigenvalue weighted by Gasteiger charge is 2.22. The van der Waals surface area contributed by atoms with Crippen molar-refractivity contribution in [3.63, 3.8) is 0 Å². The highest BCUT2D eigenvalue weighted by Crippen LogP contribution is 2.30. The summed E-state index contributed by atoms with van der Waals surface area (Å²) in [6.45, 7) is 4.54. The maximum atomic E-state index is 6.02. The van der Waals surface area contributed by atoms with Gasteiger partial charge in [0, 0.05) is 18.0 Å². The second-order valence-electron chi connectivity index (χ2n) is 6.44. The predicted octanol–water partition coefficient (Wildman–Crippen LogP) is 2.97. The first kappa shape index (κ1) is 15.1. The summed E-state index contributed by atoms with van der Waals surface area (Å²) in [4.78, 5) is 2.43. The van der Waals surface area contributed by atoms with Crippen LogP contribution in [-0.4, -0.2) is 44.2 Å². The van der Waals surface area contributed by atoms with Crippen molar-refractivity contribution in [1.82, 2.24) is 10.2 Å². The van der Waals surface area contributed by atoms with E-state index in [0.717, 1.165) is 36.2 Å². The smallest absolute Gasteiger partial charge is 0.123 e. The SMILES string of the molecule is CN1CCC(CCNCC2Cc3cc(Cl)ccc3O2)CC1. The van der Waals surface area contributed by atoms with Crippen LogP contribution in [0.15, 0.2) is 18.2 Å². The number of nitrogens with zero attached hydrogens (tertiary/aromatic N) is 1. The molecule has 21 heavy (non-hydrogen) atoms. The summed E-state index contributed by atoms with van der Waals surface area (Å²) in [7, 11) is 2.22. The molecule has 1 saturated heterocycles. The fraction of sp³-hybridized carbons (Fsp3) is 0.647. The third-order valence-electron chi connectivity index (χ3n) is 4.70. The second-order valence-corrected chi connectivity index (χ2v) is 6.87. The fourth-order valence-electron chi connectivity index (χ4n) is 3.32. The van der Waals surface area contributed by atoms with Gasteiger partial charge in [0.05, 0.1) is 0 Å². The van der Waals surface area contributed by atoms with E-state index in [1.165, 1.54) is 37.9 Å². The van der Waals surface area contributed by atoms with Gasteiger partial charge in [-0.3, -0.25) is 0 Å². The summed E-state index contributed by atoms with van der Waals surface area (Å²) in [6.07, 6.45) is 5.22. The average Bonchev–Trinajstić information content (AvgIpc) is 2.87. The molecule has 1 N–H and O–H groups in total. The van der Waals surface area contributed by atoms with Crippen molar-refractivity contribution in [2.75, 3.05) is 33.2 Å². The fourth-order valence-corrected chi connectivity index (χ4v) is 3.52. The number of halogens is 1. The van der Waals surface area contributed by atoms with Gasteiger partial charge < -0.3 is 15.0 Å². The summed E-state index contributed by atoms with van der Waals surface area (Å²) in [5.74, 6) is 1.90. The van der Waals surface area contributed by atoms with Gasteiger partial charge in [-0.25, -0.2) is 0 Å². The van der Waals surface area contributed by atoms with Crippen molar-refractivity contribution in [2.24, 2.45) is 5.92 Å². The molecule has 2 aliphatic heterocycles. The van der Waals surface area contributed by atoms with E-state index in [2.05, 4.69) is 17.3 Å². The van der Waals surface area contributed by atoms with Gasteiger partial charge in [0.1, 0.15) is 11.9 Å². The molecule has 0 radical (unpaired) electrons. The van der Waals surface area contributed by atoms with Gasteiger partial charge in [-0.2, -0.15) is 0 Å². The van der Waals surface area contributed by atoms with E-state index in [9.17, 15) is 0 Å². The normalized spacial score (nSPS) is 23.0. The van der Waals surface area contributed by atoms with Gasteiger partial charge in [-0.05, 0) is 75.6 Å². The number of fused-ring (bicyclic) bond motifs is 1. The minimum atomic E-state index is 0.260. The topological polar surface area (TPSA) is 24.5 Å². The molecule has 4 heteroatoms. The lowest BCUT2D eigenvalue weighted by molar-refractivity contribution is 0.204. The molecule has 1 atom stereocenters. The summed E-state index contributed by atoms with van der Waals surface area (Å²) in [5.41, 5.74) is 1.24. The van der Waals surface area contributed by atoms with Crippen molar-refractivity contribution in [3.8, 4) is 5.75 Å². The lowest BCUT2D eigenvalue weighted by Gasteiger charge is -2.29. The molecule has 1 unspecified atom stereocenters.